The molecule has 0 bridgehead atoms. The first-order chi connectivity index (χ1) is 5.34. The first kappa shape index (κ1) is 7.88. The molecular weight excluding hydrogens is 160 g/mol. The largest absolute Gasteiger partial charge is 0.299 e. The monoisotopic (exact) mass is 166 g/mol. The molecule has 0 N–H and O–H groups in total. The van der Waals surface area contributed by atoms with Crippen LogP contribution in [-0.2, 0) is 4.79 Å². The van der Waals surface area contributed by atoms with Crippen LogP contribution >= 0.6 is 11.3 Å². The van der Waals surface area contributed by atoms with Crippen molar-refractivity contribution in [2.24, 2.45) is 0 Å². The predicted molar refractivity (Wildman–Crippen MR) is 43.9 cm³/mol. The number of hydrogen-bond acceptors (Lipinski definition) is 3. The second kappa shape index (κ2) is 3.83. The van der Waals surface area contributed by atoms with Crippen molar-refractivity contribution in [2.45, 2.75) is 0 Å². The normalized spacial score (nSPS) is 10.2. The number of allylic oxidation sites excluding steroid dienone is 2. The van der Waals surface area contributed by atoms with E-state index in [9.17, 15) is 9.59 Å². The maximum atomic E-state index is 11.0. The van der Waals surface area contributed by atoms with E-state index < -0.39 is 0 Å². The zero-order valence-electron chi connectivity index (χ0n) is 5.69. The van der Waals surface area contributed by atoms with Gasteiger partial charge in [0.25, 0.3) is 0 Å². The van der Waals surface area contributed by atoms with Crippen molar-refractivity contribution in [3.05, 3.63) is 34.5 Å². The maximum absolute atomic E-state index is 11.0. The minimum atomic E-state index is -0.118. The Morgan fingerprint density at radius 1 is 1.55 bits per heavy atom. The molecule has 3 heteroatoms. The molecule has 0 atom stereocenters. The highest BCUT2D eigenvalue weighted by atomic mass is 32.1. The second-order valence-corrected chi connectivity index (χ2v) is 2.78. The molecule has 1 aromatic heterocycles. The van der Waals surface area contributed by atoms with E-state index in [-0.39, 0.29) is 5.78 Å². The molecule has 0 saturated carbocycles. The molecule has 0 aliphatic rings. The lowest BCUT2D eigenvalue weighted by Crippen LogP contribution is -1.88. The highest BCUT2D eigenvalue weighted by Gasteiger charge is 1.99. The van der Waals surface area contributed by atoms with Gasteiger partial charge in [-0.15, -0.1) is 11.3 Å². The average Bonchev–Trinajstić information content (AvgIpc) is 2.52. The Kier molecular flexibility index (Phi) is 2.74. The number of thiophene rings is 1. The fraction of sp³-hybridized carbons (Fsp3) is 0. The van der Waals surface area contributed by atoms with Gasteiger partial charge >= 0.3 is 0 Å². The molecular formula is C8H6O2S. The summed E-state index contributed by atoms with van der Waals surface area (Å²) in [6.45, 7) is 0. The molecule has 0 aliphatic carbocycles. The van der Waals surface area contributed by atoms with Gasteiger partial charge in [0, 0.05) is 0 Å². The molecule has 1 rings (SSSR count). The molecule has 0 aromatic carbocycles. The van der Waals surface area contributed by atoms with Crippen LogP contribution in [0.1, 0.15) is 9.67 Å². The van der Waals surface area contributed by atoms with Crippen LogP contribution in [0, 0.1) is 0 Å². The summed E-state index contributed by atoms with van der Waals surface area (Å²) >= 11 is 1.36. The Labute approximate surface area is 68.2 Å². The third-order valence-corrected chi connectivity index (χ3v) is 1.97. The zero-order chi connectivity index (χ0) is 8.10. The molecule has 0 aliphatic heterocycles. The van der Waals surface area contributed by atoms with Crippen LogP contribution in [0.4, 0.5) is 0 Å². The Hall–Kier alpha value is -1.22. The number of hydrogen-bond donors (Lipinski definition) is 0. The molecule has 1 aromatic rings. The van der Waals surface area contributed by atoms with E-state index >= 15 is 0 Å². The SMILES string of the molecule is O=CC=CC(=O)c1cccs1. The summed E-state index contributed by atoms with van der Waals surface area (Å²) < 4.78 is 0. The molecule has 11 heavy (non-hydrogen) atoms. The minimum Gasteiger partial charge on any atom is -0.299 e. The van der Waals surface area contributed by atoms with Crippen molar-refractivity contribution in [2.75, 3.05) is 0 Å². The van der Waals surface area contributed by atoms with Crippen molar-refractivity contribution >= 4 is 23.4 Å². The van der Waals surface area contributed by atoms with Gasteiger partial charge in [-0.2, -0.15) is 0 Å². The second-order valence-electron chi connectivity index (χ2n) is 1.84. The number of carbonyl (C=O) groups excluding carboxylic acids is 2. The highest BCUT2D eigenvalue weighted by Crippen LogP contribution is 2.09. The summed E-state index contributed by atoms with van der Waals surface area (Å²) in [6, 6.07) is 3.52. The first-order valence-electron chi connectivity index (χ1n) is 3.04. The van der Waals surface area contributed by atoms with E-state index in [1.807, 2.05) is 5.38 Å². The van der Waals surface area contributed by atoms with E-state index in [2.05, 4.69) is 0 Å². The Morgan fingerprint density at radius 2 is 2.36 bits per heavy atom. The maximum Gasteiger partial charge on any atom is 0.195 e. The van der Waals surface area contributed by atoms with Crippen molar-refractivity contribution in [3.63, 3.8) is 0 Å². The van der Waals surface area contributed by atoms with Crippen LogP contribution < -0.4 is 0 Å². The molecule has 0 spiro atoms. The predicted octanol–water partition coefficient (Wildman–Crippen LogP) is 1.69. The summed E-state index contributed by atoms with van der Waals surface area (Å²) in [5.74, 6) is -0.118. The molecule has 2 nitrogen and oxygen atoms in total. The topological polar surface area (TPSA) is 34.1 Å². The first-order valence-corrected chi connectivity index (χ1v) is 3.92. The van der Waals surface area contributed by atoms with Crippen molar-refractivity contribution in [1.82, 2.24) is 0 Å². The van der Waals surface area contributed by atoms with Crippen molar-refractivity contribution < 1.29 is 9.59 Å². The van der Waals surface area contributed by atoms with Crippen molar-refractivity contribution in [3.8, 4) is 0 Å². The lowest BCUT2D eigenvalue weighted by atomic mass is 10.3. The Bertz CT molecular complexity index is 272. The van der Waals surface area contributed by atoms with Crippen LogP contribution in [0.3, 0.4) is 0 Å². The van der Waals surface area contributed by atoms with Crippen LogP contribution in [0.25, 0.3) is 0 Å². The lowest BCUT2D eigenvalue weighted by Gasteiger charge is -1.83. The van der Waals surface area contributed by atoms with Gasteiger partial charge in [-0.1, -0.05) is 6.07 Å². The number of rotatable bonds is 3. The van der Waals surface area contributed by atoms with E-state index in [0.29, 0.717) is 11.2 Å². The number of aldehydes is 1. The van der Waals surface area contributed by atoms with Gasteiger partial charge in [0.1, 0.15) is 6.29 Å². The van der Waals surface area contributed by atoms with Gasteiger partial charge in [0.2, 0.25) is 0 Å². The molecule has 0 fully saturated rings. The van der Waals surface area contributed by atoms with E-state index in [1.165, 1.54) is 23.5 Å². The number of ketones is 1. The fourth-order valence-electron chi connectivity index (χ4n) is 0.628. The fourth-order valence-corrected chi connectivity index (χ4v) is 1.27. The molecule has 0 amide bonds. The lowest BCUT2D eigenvalue weighted by molar-refractivity contribution is -0.104. The molecule has 0 unspecified atom stereocenters. The summed E-state index contributed by atoms with van der Waals surface area (Å²) in [4.78, 5) is 21.5. The number of carbonyl (C=O) groups is 2. The third-order valence-electron chi connectivity index (χ3n) is 1.09. The summed E-state index contributed by atoms with van der Waals surface area (Å²) in [7, 11) is 0. The standard InChI is InChI=1S/C8H6O2S/c9-5-1-3-7(10)8-4-2-6-11-8/h1-6H. The van der Waals surface area contributed by atoms with Crippen LogP contribution in [-0.4, -0.2) is 12.1 Å². The van der Waals surface area contributed by atoms with E-state index in [0.717, 1.165) is 0 Å². The third kappa shape index (κ3) is 2.13. The Balaban J connectivity index is 2.71. The highest BCUT2D eigenvalue weighted by molar-refractivity contribution is 7.12. The van der Waals surface area contributed by atoms with Crippen LogP contribution in [0.5, 0.6) is 0 Å². The average molecular weight is 166 g/mol. The van der Waals surface area contributed by atoms with Gasteiger partial charge in [-0.25, -0.2) is 0 Å². The zero-order valence-corrected chi connectivity index (χ0v) is 6.51. The molecule has 56 valence electrons. The molecule has 0 radical (unpaired) electrons. The van der Waals surface area contributed by atoms with Crippen molar-refractivity contribution in [1.29, 1.82) is 0 Å². The smallest absolute Gasteiger partial charge is 0.195 e. The van der Waals surface area contributed by atoms with Gasteiger partial charge in [-0.3, -0.25) is 9.59 Å². The minimum absolute atomic E-state index is 0.118. The van der Waals surface area contributed by atoms with Gasteiger partial charge in [0.05, 0.1) is 4.88 Å². The quantitative estimate of drug-likeness (QED) is 0.389. The molecule has 1 heterocycles. The summed E-state index contributed by atoms with van der Waals surface area (Å²) in [6.07, 6.45) is 3.05. The van der Waals surface area contributed by atoms with E-state index in [4.69, 9.17) is 0 Å². The van der Waals surface area contributed by atoms with Gasteiger partial charge in [-0.05, 0) is 23.6 Å². The van der Waals surface area contributed by atoms with Crippen LogP contribution in [0.2, 0.25) is 0 Å². The summed E-state index contributed by atoms with van der Waals surface area (Å²) in [5.41, 5.74) is 0. The molecule has 0 saturated heterocycles. The van der Waals surface area contributed by atoms with Gasteiger partial charge < -0.3 is 0 Å². The van der Waals surface area contributed by atoms with Gasteiger partial charge in [0.15, 0.2) is 5.78 Å². The Morgan fingerprint density at radius 3 is 2.91 bits per heavy atom. The van der Waals surface area contributed by atoms with Crippen LogP contribution in [0.15, 0.2) is 29.7 Å². The summed E-state index contributed by atoms with van der Waals surface area (Å²) in [5, 5.41) is 1.82. The van der Waals surface area contributed by atoms with E-state index in [1.54, 1.807) is 12.1 Å².